The molecule has 108 valence electrons. The highest BCUT2D eigenvalue weighted by molar-refractivity contribution is 5.85. The van der Waals surface area contributed by atoms with Crippen molar-refractivity contribution in [1.29, 1.82) is 0 Å². The van der Waals surface area contributed by atoms with E-state index in [-0.39, 0.29) is 30.9 Å². The summed E-state index contributed by atoms with van der Waals surface area (Å²) in [6.45, 7) is 5.70. The van der Waals surface area contributed by atoms with E-state index in [2.05, 4.69) is 10.2 Å². The summed E-state index contributed by atoms with van der Waals surface area (Å²) in [6, 6.07) is 5.52. The van der Waals surface area contributed by atoms with Gasteiger partial charge in [0, 0.05) is 38.8 Å². The predicted octanol–water partition coefficient (Wildman–Crippen LogP) is 1.88. The van der Waals surface area contributed by atoms with Gasteiger partial charge in [0.15, 0.2) is 0 Å². The Bertz CT molecular complexity index is 397. The van der Waals surface area contributed by atoms with Gasteiger partial charge in [0.25, 0.3) is 0 Å². The van der Waals surface area contributed by atoms with E-state index in [0.717, 1.165) is 31.7 Å². The molecule has 0 bridgehead atoms. The molecule has 1 heterocycles. The summed E-state index contributed by atoms with van der Waals surface area (Å²) in [7, 11) is 0. The van der Waals surface area contributed by atoms with Gasteiger partial charge in [-0.3, -0.25) is 4.90 Å². The molecule has 0 spiro atoms. The zero-order chi connectivity index (χ0) is 13.0. The van der Waals surface area contributed by atoms with Crippen molar-refractivity contribution in [3.63, 3.8) is 0 Å². The smallest absolute Gasteiger partial charge is 0.126 e. The Morgan fingerprint density at radius 2 is 2.05 bits per heavy atom. The third-order valence-electron chi connectivity index (χ3n) is 3.58. The van der Waals surface area contributed by atoms with Crippen LogP contribution in [0.2, 0.25) is 0 Å². The molecule has 0 amide bonds. The molecule has 0 saturated carbocycles. The van der Waals surface area contributed by atoms with Crippen molar-refractivity contribution >= 4 is 12.4 Å². The highest BCUT2D eigenvalue weighted by Gasteiger charge is 2.22. The van der Waals surface area contributed by atoms with Crippen LogP contribution in [0.1, 0.15) is 23.6 Å². The van der Waals surface area contributed by atoms with Gasteiger partial charge in [-0.05, 0) is 30.5 Å². The molecular formula is C14H22ClFN2O. The van der Waals surface area contributed by atoms with Gasteiger partial charge in [-0.25, -0.2) is 4.39 Å². The van der Waals surface area contributed by atoms with Gasteiger partial charge in [-0.2, -0.15) is 0 Å². The average Bonchev–Trinajstić information content (AvgIpc) is 2.40. The molecule has 1 aliphatic rings. The fourth-order valence-corrected chi connectivity index (χ4v) is 2.49. The molecule has 1 saturated heterocycles. The van der Waals surface area contributed by atoms with E-state index in [1.54, 1.807) is 13.0 Å². The minimum atomic E-state index is -0.162. The molecule has 19 heavy (non-hydrogen) atoms. The largest absolute Gasteiger partial charge is 0.396 e. The number of piperazine rings is 1. The van der Waals surface area contributed by atoms with Crippen LogP contribution >= 0.6 is 12.4 Å². The summed E-state index contributed by atoms with van der Waals surface area (Å²) in [5.74, 6) is -0.162. The van der Waals surface area contributed by atoms with Gasteiger partial charge in [-0.1, -0.05) is 12.1 Å². The zero-order valence-electron chi connectivity index (χ0n) is 11.2. The molecule has 1 aromatic carbocycles. The number of halogens is 2. The molecule has 1 fully saturated rings. The van der Waals surface area contributed by atoms with Crippen molar-refractivity contribution < 1.29 is 9.50 Å². The number of benzene rings is 1. The highest BCUT2D eigenvalue weighted by Crippen LogP contribution is 2.25. The maximum absolute atomic E-state index is 13.7. The summed E-state index contributed by atoms with van der Waals surface area (Å²) in [4.78, 5) is 2.32. The molecular weight excluding hydrogens is 267 g/mol. The summed E-state index contributed by atoms with van der Waals surface area (Å²) >= 11 is 0. The standard InChI is InChI=1S/C14H21FN2O.ClH/c1-11-2-3-12(10-13(11)15)14(4-9-18)17-7-5-16-6-8-17;/h2-3,10,14,16,18H,4-9H2,1H3;1H/t14-;/m1./s1. The highest BCUT2D eigenvalue weighted by atomic mass is 35.5. The first-order valence-corrected chi connectivity index (χ1v) is 6.54. The van der Waals surface area contributed by atoms with Crippen LogP contribution in [0, 0.1) is 12.7 Å². The van der Waals surface area contributed by atoms with Gasteiger partial charge in [0.2, 0.25) is 0 Å². The Balaban J connectivity index is 0.00000180. The second-order valence-corrected chi connectivity index (χ2v) is 4.82. The first-order valence-electron chi connectivity index (χ1n) is 6.54. The molecule has 3 nitrogen and oxygen atoms in total. The Labute approximate surface area is 120 Å². The molecule has 0 aliphatic carbocycles. The summed E-state index contributed by atoms with van der Waals surface area (Å²) in [5, 5.41) is 12.5. The third-order valence-corrected chi connectivity index (χ3v) is 3.58. The van der Waals surface area contributed by atoms with Crippen LogP contribution in [-0.4, -0.2) is 42.8 Å². The Hall–Kier alpha value is -0.680. The number of rotatable bonds is 4. The summed E-state index contributed by atoms with van der Waals surface area (Å²) in [6.07, 6.45) is 0.655. The van der Waals surface area contributed by atoms with E-state index in [4.69, 9.17) is 0 Å². The van der Waals surface area contributed by atoms with E-state index in [9.17, 15) is 9.50 Å². The van der Waals surface area contributed by atoms with Crippen LogP contribution in [0.25, 0.3) is 0 Å². The quantitative estimate of drug-likeness (QED) is 0.888. The van der Waals surface area contributed by atoms with E-state index < -0.39 is 0 Å². The second kappa shape index (κ2) is 7.80. The van der Waals surface area contributed by atoms with Crippen molar-refractivity contribution in [3.8, 4) is 0 Å². The number of aliphatic hydroxyl groups is 1. The van der Waals surface area contributed by atoms with Crippen LogP contribution in [0.3, 0.4) is 0 Å². The molecule has 2 rings (SSSR count). The van der Waals surface area contributed by atoms with Crippen LogP contribution in [0.15, 0.2) is 18.2 Å². The van der Waals surface area contributed by atoms with Gasteiger partial charge < -0.3 is 10.4 Å². The average molecular weight is 289 g/mol. The lowest BCUT2D eigenvalue weighted by atomic mass is 10.00. The van der Waals surface area contributed by atoms with E-state index in [1.165, 1.54) is 0 Å². The Kier molecular flexibility index (Phi) is 6.72. The minimum absolute atomic E-state index is 0. The van der Waals surface area contributed by atoms with Crippen LogP contribution in [0.4, 0.5) is 4.39 Å². The van der Waals surface area contributed by atoms with Crippen LogP contribution < -0.4 is 5.32 Å². The minimum Gasteiger partial charge on any atom is -0.396 e. The molecule has 1 aliphatic heterocycles. The van der Waals surface area contributed by atoms with E-state index in [1.807, 2.05) is 12.1 Å². The Morgan fingerprint density at radius 1 is 1.37 bits per heavy atom. The van der Waals surface area contributed by atoms with Crippen molar-refractivity contribution in [2.45, 2.75) is 19.4 Å². The number of nitrogens with one attached hydrogen (secondary N) is 1. The third kappa shape index (κ3) is 4.14. The van der Waals surface area contributed by atoms with Gasteiger partial charge in [-0.15, -0.1) is 12.4 Å². The number of aliphatic hydroxyl groups excluding tert-OH is 1. The van der Waals surface area contributed by atoms with Gasteiger partial charge >= 0.3 is 0 Å². The van der Waals surface area contributed by atoms with Crippen molar-refractivity contribution in [2.24, 2.45) is 0 Å². The maximum atomic E-state index is 13.7. The van der Waals surface area contributed by atoms with Crippen molar-refractivity contribution in [3.05, 3.63) is 35.1 Å². The molecule has 2 N–H and O–H groups in total. The molecule has 1 aromatic rings. The van der Waals surface area contributed by atoms with Gasteiger partial charge in [0.1, 0.15) is 5.82 Å². The first-order chi connectivity index (χ1) is 8.72. The molecule has 0 radical (unpaired) electrons. The lowest BCUT2D eigenvalue weighted by Gasteiger charge is -2.35. The molecule has 5 heteroatoms. The number of aryl methyl sites for hydroxylation is 1. The lowest BCUT2D eigenvalue weighted by Crippen LogP contribution is -2.45. The van der Waals surface area contributed by atoms with E-state index >= 15 is 0 Å². The first kappa shape index (κ1) is 16.4. The second-order valence-electron chi connectivity index (χ2n) is 4.82. The SMILES string of the molecule is Cc1ccc([C@@H](CCO)N2CCNCC2)cc1F.Cl. The van der Waals surface area contributed by atoms with Crippen LogP contribution in [-0.2, 0) is 0 Å². The van der Waals surface area contributed by atoms with E-state index in [0.29, 0.717) is 12.0 Å². The van der Waals surface area contributed by atoms with Crippen molar-refractivity contribution in [2.75, 3.05) is 32.8 Å². The lowest BCUT2D eigenvalue weighted by molar-refractivity contribution is 0.141. The summed E-state index contributed by atoms with van der Waals surface area (Å²) < 4.78 is 13.7. The van der Waals surface area contributed by atoms with Gasteiger partial charge in [0.05, 0.1) is 0 Å². The fraction of sp³-hybridized carbons (Fsp3) is 0.571. The molecule has 0 unspecified atom stereocenters. The molecule has 1 atom stereocenters. The molecule has 0 aromatic heterocycles. The van der Waals surface area contributed by atoms with Crippen LogP contribution in [0.5, 0.6) is 0 Å². The predicted molar refractivity (Wildman–Crippen MR) is 77.3 cm³/mol. The number of hydrogen-bond donors (Lipinski definition) is 2. The van der Waals surface area contributed by atoms with Crippen molar-refractivity contribution in [1.82, 2.24) is 10.2 Å². The number of nitrogens with zero attached hydrogens (tertiary/aromatic N) is 1. The topological polar surface area (TPSA) is 35.5 Å². The Morgan fingerprint density at radius 3 is 2.63 bits per heavy atom. The maximum Gasteiger partial charge on any atom is 0.126 e. The number of hydrogen-bond acceptors (Lipinski definition) is 3. The monoisotopic (exact) mass is 288 g/mol. The summed E-state index contributed by atoms with van der Waals surface area (Å²) in [5.41, 5.74) is 1.64. The normalized spacial score (nSPS) is 17.8. The zero-order valence-corrected chi connectivity index (χ0v) is 12.0. The fourth-order valence-electron chi connectivity index (χ4n) is 2.49.